The van der Waals surface area contributed by atoms with Crippen LogP contribution < -0.4 is 5.32 Å². The van der Waals surface area contributed by atoms with Crippen LogP contribution in [0.25, 0.3) is 0 Å². The molecule has 0 aromatic carbocycles. The molecule has 1 aliphatic rings. The van der Waals surface area contributed by atoms with E-state index in [9.17, 15) is 8.78 Å². The normalized spacial score (nSPS) is 25.0. The molecule has 0 spiro atoms. The third-order valence-electron chi connectivity index (χ3n) is 3.54. The Balaban J connectivity index is 2.32. The summed E-state index contributed by atoms with van der Waals surface area (Å²) in [5.41, 5.74) is 0. The van der Waals surface area contributed by atoms with E-state index in [4.69, 9.17) is 0 Å². The van der Waals surface area contributed by atoms with Gasteiger partial charge >= 0.3 is 0 Å². The van der Waals surface area contributed by atoms with Gasteiger partial charge in [0.1, 0.15) is 0 Å². The topological polar surface area (TPSA) is 15.3 Å². The number of hydrogen-bond donors (Lipinski definition) is 1. The van der Waals surface area contributed by atoms with Crippen LogP contribution in [0, 0.1) is 11.8 Å². The number of hydrogen-bond acceptors (Lipinski definition) is 2. The number of nitrogens with zero attached hydrogens (tertiary/aromatic N) is 1. The fraction of sp³-hybridized carbons (Fsp3) is 1.00. The number of halogens is 2. The molecule has 0 bridgehead atoms. The van der Waals surface area contributed by atoms with Gasteiger partial charge in [-0.05, 0) is 45.3 Å². The van der Waals surface area contributed by atoms with E-state index in [1.807, 2.05) is 0 Å². The highest BCUT2D eigenvalue weighted by atomic mass is 19.3. The van der Waals surface area contributed by atoms with Crippen molar-refractivity contribution in [3.05, 3.63) is 0 Å². The molecular weight excluding hydrogens is 234 g/mol. The van der Waals surface area contributed by atoms with Crippen molar-refractivity contribution in [2.24, 2.45) is 11.8 Å². The Morgan fingerprint density at radius 3 is 2.44 bits per heavy atom. The van der Waals surface area contributed by atoms with Crippen molar-refractivity contribution in [1.82, 2.24) is 10.2 Å². The molecule has 0 amide bonds. The predicted octanol–water partition coefficient (Wildman–Crippen LogP) is 2.99. The first kappa shape index (κ1) is 15.8. The highest BCUT2D eigenvalue weighted by Crippen LogP contribution is 2.38. The lowest BCUT2D eigenvalue weighted by Gasteiger charge is -2.25. The molecule has 1 N–H and O–H groups in total. The fourth-order valence-electron chi connectivity index (χ4n) is 2.78. The zero-order chi connectivity index (χ0) is 13.8. The van der Waals surface area contributed by atoms with Gasteiger partial charge in [0.15, 0.2) is 0 Å². The van der Waals surface area contributed by atoms with Crippen molar-refractivity contribution in [1.29, 1.82) is 0 Å². The van der Waals surface area contributed by atoms with E-state index in [2.05, 4.69) is 38.2 Å². The van der Waals surface area contributed by atoms with Gasteiger partial charge in [-0.25, -0.2) is 8.78 Å². The lowest BCUT2D eigenvalue weighted by Crippen LogP contribution is -2.41. The third kappa shape index (κ3) is 6.10. The van der Waals surface area contributed by atoms with Gasteiger partial charge < -0.3 is 10.2 Å². The van der Waals surface area contributed by atoms with Crippen molar-refractivity contribution in [3.8, 4) is 0 Å². The Bertz CT molecular complexity index is 232. The molecule has 1 aliphatic carbocycles. The molecule has 0 aromatic heterocycles. The summed E-state index contributed by atoms with van der Waals surface area (Å²) in [6, 6.07) is 0.411. The highest BCUT2D eigenvalue weighted by molar-refractivity contribution is 4.84. The van der Waals surface area contributed by atoms with Gasteiger partial charge in [0.05, 0.1) is 0 Å². The maximum Gasteiger partial charge on any atom is 0.248 e. The Labute approximate surface area is 110 Å². The van der Waals surface area contributed by atoms with E-state index in [1.54, 1.807) is 0 Å². The predicted molar refractivity (Wildman–Crippen MR) is 72.1 cm³/mol. The van der Waals surface area contributed by atoms with Gasteiger partial charge in [0, 0.05) is 25.4 Å². The van der Waals surface area contributed by atoms with E-state index < -0.39 is 5.92 Å². The lowest BCUT2D eigenvalue weighted by molar-refractivity contribution is 0.00492. The first-order chi connectivity index (χ1) is 8.28. The zero-order valence-electron chi connectivity index (χ0n) is 12.2. The van der Waals surface area contributed by atoms with Crippen LogP contribution in [0.15, 0.2) is 0 Å². The maximum absolute atomic E-state index is 13.1. The molecule has 0 aromatic rings. The molecule has 2 atom stereocenters. The van der Waals surface area contributed by atoms with Gasteiger partial charge in [0.2, 0.25) is 5.92 Å². The van der Waals surface area contributed by atoms with Gasteiger partial charge in [0.25, 0.3) is 0 Å². The van der Waals surface area contributed by atoms with Gasteiger partial charge in [-0.1, -0.05) is 13.8 Å². The second-order valence-electron chi connectivity index (χ2n) is 6.46. The van der Waals surface area contributed by atoms with E-state index >= 15 is 0 Å². The standard InChI is InChI=1S/C14H28F2N2/c1-11(2)7-13(10-18(3)4)17-9-12-5-6-14(15,16)8-12/h11-13,17H,5-10H2,1-4H3. The van der Waals surface area contributed by atoms with Gasteiger partial charge in [-0.3, -0.25) is 0 Å². The van der Waals surface area contributed by atoms with Gasteiger partial charge in [-0.2, -0.15) is 0 Å². The summed E-state index contributed by atoms with van der Waals surface area (Å²) in [6.45, 7) is 6.12. The molecule has 0 heterocycles. The van der Waals surface area contributed by atoms with E-state index in [0.717, 1.165) is 19.5 Å². The molecule has 1 rings (SSSR count). The number of nitrogens with one attached hydrogen (secondary N) is 1. The van der Waals surface area contributed by atoms with E-state index in [1.165, 1.54) is 0 Å². The summed E-state index contributed by atoms with van der Waals surface area (Å²) < 4.78 is 26.2. The second kappa shape index (κ2) is 6.80. The van der Waals surface area contributed by atoms with Crippen LogP contribution in [0.5, 0.6) is 0 Å². The smallest absolute Gasteiger partial charge is 0.248 e. The molecule has 2 unspecified atom stereocenters. The van der Waals surface area contributed by atoms with Crippen LogP contribution in [0.2, 0.25) is 0 Å². The zero-order valence-corrected chi connectivity index (χ0v) is 12.2. The maximum atomic E-state index is 13.1. The molecule has 0 aliphatic heterocycles. The molecule has 1 saturated carbocycles. The molecule has 108 valence electrons. The minimum absolute atomic E-state index is 0.0658. The Morgan fingerprint density at radius 2 is 2.00 bits per heavy atom. The molecular formula is C14H28F2N2. The average molecular weight is 262 g/mol. The SMILES string of the molecule is CC(C)CC(CN(C)C)NCC1CCC(F)(F)C1. The van der Waals surface area contributed by atoms with Crippen LogP contribution in [0.1, 0.15) is 39.5 Å². The lowest BCUT2D eigenvalue weighted by atomic mass is 10.0. The Morgan fingerprint density at radius 1 is 1.33 bits per heavy atom. The minimum atomic E-state index is -2.42. The number of rotatable bonds is 7. The number of likely N-dealkylation sites (N-methyl/N-ethyl adjacent to an activating group) is 1. The first-order valence-electron chi connectivity index (χ1n) is 7.04. The van der Waals surface area contributed by atoms with Crippen LogP contribution in [0.3, 0.4) is 0 Å². The second-order valence-corrected chi connectivity index (χ2v) is 6.46. The fourth-order valence-corrected chi connectivity index (χ4v) is 2.78. The van der Waals surface area contributed by atoms with E-state index in [0.29, 0.717) is 18.4 Å². The highest BCUT2D eigenvalue weighted by Gasteiger charge is 2.39. The van der Waals surface area contributed by atoms with Crippen LogP contribution in [0.4, 0.5) is 8.78 Å². The molecule has 2 nitrogen and oxygen atoms in total. The third-order valence-corrected chi connectivity index (χ3v) is 3.54. The summed E-state index contributed by atoms with van der Waals surface area (Å²) in [4.78, 5) is 2.16. The van der Waals surface area contributed by atoms with E-state index in [-0.39, 0.29) is 18.8 Å². The first-order valence-corrected chi connectivity index (χ1v) is 7.04. The summed E-state index contributed by atoms with van der Waals surface area (Å²) in [5, 5.41) is 3.49. The molecule has 1 fully saturated rings. The summed E-state index contributed by atoms with van der Waals surface area (Å²) in [5.74, 6) is -1.63. The van der Waals surface area contributed by atoms with Crippen LogP contribution >= 0.6 is 0 Å². The monoisotopic (exact) mass is 262 g/mol. The quantitative estimate of drug-likeness (QED) is 0.759. The van der Waals surface area contributed by atoms with Crippen LogP contribution in [-0.2, 0) is 0 Å². The summed E-state index contributed by atoms with van der Waals surface area (Å²) in [6.07, 6.45) is 1.90. The molecule has 0 saturated heterocycles. The summed E-state index contributed by atoms with van der Waals surface area (Å²) in [7, 11) is 4.11. The van der Waals surface area contributed by atoms with Crippen molar-refractivity contribution in [2.45, 2.75) is 51.5 Å². The molecule has 0 radical (unpaired) electrons. The van der Waals surface area contributed by atoms with Crippen molar-refractivity contribution in [3.63, 3.8) is 0 Å². The Hall–Kier alpha value is -0.220. The summed E-state index contributed by atoms with van der Waals surface area (Å²) >= 11 is 0. The Kier molecular flexibility index (Phi) is 5.99. The van der Waals surface area contributed by atoms with Crippen LogP contribution in [-0.4, -0.2) is 44.0 Å². The molecule has 18 heavy (non-hydrogen) atoms. The van der Waals surface area contributed by atoms with Gasteiger partial charge in [-0.15, -0.1) is 0 Å². The van der Waals surface area contributed by atoms with Crippen molar-refractivity contribution >= 4 is 0 Å². The van der Waals surface area contributed by atoms with Crippen molar-refractivity contribution in [2.75, 3.05) is 27.2 Å². The minimum Gasteiger partial charge on any atom is -0.312 e. The number of alkyl halides is 2. The van der Waals surface area contributed by atoms with Crippen molar-refractivity contribution < 1.29 is 8.78 Å². The average Bonchev–Trinajstić information content (AvgIpc) is 2.53. The molecule has 4 heteroatoms. The largest absolute Gasteiger partial charge is 0.312 e.